The average Bonchev–Trinajstić information content (AvgIpc) is 3.20. The predicted octanol–water partition coefficient (Wildman–Crippen LogP) is 2.31. The highest BCUT2D eigenvalue weighted by Crippen LogP contribution is 2.05. The van der Waals surface area contributed by atoms with Crippen molar-refractivity contribution in [2.75, 3.05) is 13.6 Å². The molecule has 0 saturated heterocycles. The zero-order valence-electron chi connectivity index (χ0n) is 14.6. The summed E-state index contributed by atoms with van der Waals surface area (Å²) in [6, 6.07) is 10.6. The minimum Gasteiger partial charge on any atom is -0.356 e. The Morgan fingerprint density at radius 2 is 2.12 bits per heavy atom. The molecule has 2 aromatic heterocycles. The molecule has 0 radical (unpaired) electrons. The molecule has 0 amide bonds. The van der Waals surface area contributed by atoms with Gasteiger partial charge in [0, 0.05) is 38.7 Å². The average molecular weight is 352 g/mol. The summed E-state index contributed by atoms with van der Waals surface area (Å²) >= 11 is 0. The Hall–Kier alpha value is -3.22. The van der Waals surface area contributed by atoms with Crippen molar-refractivity contribution in [3.8, 4) is 5.82 Å². The highest BCUT2D eigenvalue weighted by molar-refractivity contribution is 5.79. The van der Waals surface area contributed by atoms with Crippen molar-refractivity contribution in [2.24, 2.45) is 4.99 Å². The molecule has 2 heterocycles. The number of imidazole rings is 1. The molecule has 0 unspecified atom stereocenters. The van der Waals surface area contributed by atoms with Gasteiger partial charge in [0.1, 0.15) is 18.0 Å². The fourth-order valence-corrected chi connectivity index (χ4v) is 2.49. The second kappa shape index (κ2) is 8.75. The Morgan fingerprint density at radius 3 is 2.81 bits per heavy atom. The summed E-state index contributed by atoms with van der Waals surface area (Å²) in [5.74, 6) is 1.31. The fourth-order valence-electron chi connectivity index (χ4n) is 2.49. The second-order valence-electron chi connectivity index (χ2n) is 5.73. The third-order valence-corrected chi connectivity index (χ3v) is 3.86. The molecule has 0 aliphatic rings. The van der Waals surface area contributed by atoms with E-state index in [0.29, 0.717) is 19.0 Å². The van der Waals surface area contributed by atoms with Crippen LogP contribution >= 0.6 is 0 Å². The van der Waals surface area contributed by atoms with Gasteiger partial charge in [-0.3, -0.25) is 9.56 Å². The highest BCUT2D eigenvalue weighted by Gasteiger charge is 2.01. The quantitative estimate of drug-likeness (QED) is 0.528. The van der Waals surface area contributed by atoms with Gasteiger partial charge < -0.3 is 10.6 Å². The highest BCUT2D eigenvalue weighted by atomic mass is 19.1. The molecule has 6 nitrogen and oxygen atoms in total. The van der Waals surface area contributed by atoms with Crippen LogP contribution in [0.3, 0.4) is 0 Å². The molecule has 0 spiro atoms. The molecule has 3 aromatic rings. The number of rotatable bonds is 6. The van der Waals surface area contributed by atoms with Gasteiger partial charge in [0.25, 0.3) is 0 Å². The lowest BCUT2D eigenvalue weighted by Crippen LogP contribution is -2.37. The van der Waals surface area contributed by atoms with E-state index in [-0.39, 0.29) is 5.82 Å². The smallest absolute Gasteiger partial charge is 0.191 e. The zero-order chi connectivity index (χ0) is 18.2. The topological polar surface area (TPSA) is 67.1 Å². The van der Waals surface area contributed by atoms with Crippen molar-refractivity contribution in [3.05, 3.63) is 78.3 Å². The van der Waals surface area contributed by atoms with E-state index in [1.54, 1.807) is 31.7 Å². The summed E-state index contributed by atoms with van der Waals surface area (Å²) in [6.07, 6.45) is 7.83. The van der Waals surface area contributed by atoms with Crippen LogP contribution in [-0.2, 0) is 13.0 Å². The molecule has 0 atom stereocenters. The van der Waals surface area contributed by atoms with E-state index in [0.717, 1.165) is 23.4 Å². The zero-order valence-corrected chi connectivity index (χ0v) is 14.6. The van der Waals surface area contributed by atoms with Crippen molar-refractivity contribution in [2.45, 2.75) is 13.0 Å². The first-order chi connectivity index (χ1) is 12.7. The second-order valence-corrected chi connectivity index (χ2v) is 5.73. The summed E-state index contributed by atoms with van der Waals surface area (Å²) in [4.78, 5) is 12.6. The largest absolute Gasteiger partial charge is 0.356 e. The number of guanidine groups is 1. The van der Waals surface area contributed by atoms with Crippen molar-refractivity contribution in [3.63, 3.8) is 0 Å². The number of aromatic nitrogens is 3. The molecule has 0 aliphatic carbocycles. The Labute approximate surface area is 151 Å². The molecule has 0 aliphatic heterocycles. The van der Waals surface area contributed by atoms with Gasteiger partial charge in [-0.2, -0.15) is 0 Å². The lowest BCUT2D eigenvalue weighted by atomic mass is 10.1. The van der Waals surface area contributed by atoms with Crippen LogP contribution in [0.1, 0.15) is 11.1 Å². The summed E-state index contributed by atoms with van der Waals surface area (Å²) < 4.78 is 15.0. The van der Waals surface area contributed by atoms with Gasteiger partial charge in [-0.05, 0) is 35.7 Å². The molecule has 7 heteroatoms. The van der Waals surface area contributed by atoms with E-state index in [1.807, 2.05) is 35.2 Å². The Bertz CT molecular complexity index is 843. The van der Waals surface area contributed by atoms with E-state index in [9.17, 15) is 4.39 Å². The van der Waals surface area contributed by atoms with Crippen molar-refractivity contribution in [1.29, 1.82) is 0 Å². The molecule has 0 saturated carbocycles. The standard InChI is InChI=1S/C19H21FN6/c1-21-19(23-8-7-15-3-2-4-17(20)11-15)25-13-16-5-6-18(24-12-16)26-10-9-22-14-26/h2-6,9-12,14H,7-8,13H2,1H3,(H2,21,23,25). The summed E-state index contributed by atoms with van der Waals surface area (Å²) in [7, 11) is 1.72. The fraction of sp³-hybridized carbons (Fsp3) is 0.211. The molecular weight excluding hydrogens is 331 g/mol. The first-order valence-electron chi connectivity index (χ1n) is 8.37. The molecule has 0 bridgehead atoms. The van der Waals surface area contributed by atoms with Gasteiger partial charge in [0.2, 0.25) is 0 Å². The first kappa shape index (κ1) is 17.6. The van der Waals surface area contributed by atoms with E-state index >= 15 is 0 Å². The van der Waals surface area contributed by atoms with Crippen LogP contribution in [0.5, 0.6) is 0 Å². The van der Waals surface area contributed by atoms with Crippen LogP contribution in [0.25, 0.3) is 5.82 Å². The third kappa shape index (κ3) is 4.89. The van der Waals surface area contributed by atoms with Crippen LogP contribution in [0.4, 0.5) is 4.39 Å². The number of hydrogen-bond acceptors (Lipinski definition) is 3. The summed E-state index contributed by atoms with van der Waals surface area (Å²) in [5.41, 5.74) is 1.99. The maximum atomic E-state index is 13.2. The molecule has 26 heavy (non-hydrogen) atoms. The van der Waals surface area contributed by atoms with Crippen LogP contribution in [0, 0.1) is 5.82 Å². The summed E-state index contributed by atoms with van der Waals surface area (Å²) in [6.45, 7) is 1.28. The van der Waals surface area contributed by atoms with E-state index in [2.05, 4.69) is 25.6 Å². The number of benzene rings is 1. The monoisotopic (exact) mass is 352 g/mol. The maximum absolute atomic E-state index is 13.2. The van der Waals surface area contributed by atoms with Gasteiger partial charge in [-0.25, -0.2) is 14.4 Å². The third-order valence-electron chi connectivity index (χ3n) is 3.86. The Kier molecular flexibility index (Phi) is 5.92. The van der Waals surface area contributed by atoms with Crippen LogP contribution in [0.15, 0.2) is 66.3 Å². The number of pyridine rings is 1. The van der Waals surface area contributed by atoms with Gasteiger partial charge in [-0.1, -0.05) is 18.2 Å². The molecular formula is C19H21FN6. The van der Waals surface area contributed by atoms with Crippen molar-refractivity contribution >= 4 is 5.96 Å². The van der Waals surface area contributed by atoms with E-state index < -0.39 is 0 Å². The number of nitrogens with zero attached hydrogens (tertiary/aromatic N) is 4. The minimum absolute atomic E-state index is 0.211. The van der Waals surface area contributed by atoms with E-state index in [1.165, 1.54) is 6.07 Å². The minimum atomic E-state index is -0.211. The number of hydrogen-bond donors (Lipinski definition) is 2. The lowest BCUT2D eigenvalue weighted by molar-refractivity contribution is 0.625. The maximum Gasteiger partial charge on any atom is 0.191 e. The van der Waals surface area contributed by atoms with Crippen LogP contribution in [0.2, 0.25) is 0 Å². The van der Waals surface area contributed by atoms with E-state index in [4.69, 9.17) is 0 Å². The molecule has 134 valence electrons. The van der Waals surface area contributed by atoms with Crippen LogP contribution in [-0.4, -0.2) is 34.1 Å². The van der Waals surface area contributed by atoms with Gasteiger partial charge in [0.05, 0.1) is 0 Å². The normalized spacial score (nSPS) is 11.4. The predicted molar refractivity (Wildman–Crippen MR) is 99.7 cm³/mol. The number of halogens is 1. The lowest BCUT2D eigenvalue weighted by Gasteiger charge is -2.12. The van der Waals surface area contributed by atoms with Gasteiger partial charge >= 0.3 is 0 Å². The SMILES string of the molecule is CN=C(NCCc1cccc(F)c1)NCc1ccc(-n2ccnc2)nc1. The van der Waals surface area contributed by atoms with Crippen LogP contribution < -0.4 is 10.6 Å². The molecule has 3 rings (SSSR count). The first-order valence-corrected chi connectivity index (χ1v) is 8.37. The number of aliphatic imine (C=N–C) groups is 1. The van der Waals surface area contributed by atoms with Crippen molar-refractivity contribution < 1.29 is 4.39 Å². The molecule has 0 fully saturated rings. The summed E-state index contributed by atoms with van der Waals surface area (Å²) in [5, 5.41) is 6.47. The van der Waals surface area contributed by atoms with Gasteiger partial charge in [0.15, 0.2) is 5.96 Å². The Balaban J connectivity index is 1.46. The van der Waals surface area contributed by atoms with Crippen molar-refractivity contribution in [1.82, 2.24) is 25.2 Å². The molecule has 2 N–H and O–H groups in total. The Morgan fingerprint density at radius 1 is 1.19 bits per heavy atom. The molecule has 1 aromatic carbocycles. The van der Waals surface area contributed by atoms with Gasteiger partial charge in [-0.15, -0.1) is 0 Å². The number of nitrogens with one attached hydrogen (secondary N) is 2.